The van der Waals surface area contributed by atoms with Gasteiger partial charge in [-0.25, -0.2) is 4.79 Å². The third-order valence-electron chi connectivity index (χ3n) is 4.62. The van der Waals surface area contributed by atoms with E-state index >= 15 is 0 Å². The molecule has 5 nitrogen and oxygen atoms in total. The Labute approximate surface area is 175 Å². The van der Waals surface area contributed by atoms with Crippen LogP contribution in [0.5, 0.6) is 5.75 Å². The third kappa shape index (κ3) is 4.22. The number of carbonyl (C=O) groups excluding carboxylic acids is 2. The van der Waals surface area contributed by atoms with E-state index in [1.807, 2.05) is 37.4 Å². The SMILES string of the molecule is CCOc1ccc(N2C(=O)/C(=C/c3ccc(SC)cc3)C(C(=O)OC)=C2C)cc1. The van der Waals surface area contributed by atoms with Gasteiger partial charge in [0.25, 0.3) is 5.91 Å². The Kier molecular flexibility index (Phi) is 6.44. The summed E-state index contributed by atoms with van der Waals surface area (Å²) in [6, 6.07) is 15.0. The highest BCUT2D eigenvalue weighted by Gasteiger charge is 2.37. The zero-order chi connectivity index (χ0) is 21.0. The summed E-state index contributed by atoms with van der Waals surface area (Å²) in [5.41, 5.74) is 2.64. The number of allylic oxidation sites excluding steroid dienone is 1. The molecular formula is C23H23NO4S. The summed E-state index contributed by atoms with van der Waals surface area (Å²) >= 11 is 1.64. The van der Waals surface area contributed by atoms with Crippen LogP contribution in [0.25, 0.3) is 6.08 Å². The highest BCUT2D eigenvalue weighted by molar-refractivity contribution is 7.98. The van der Waals surface area contributed by atoms with Gasteiger partial charge in [-0.05, 0) is 68.1 Å². The van der Waals surface area contributed by atoms with E-state index in [0.717, 1.165) is 16.2 Å². The van der Waals surface area contributed by atoms with Crippen molar-refractivity contribution in [1.82, 2.24) is 0 Å². The fourth-order valence-corrected chi connectivity index (χ4v) is 3.62. The molecule has 6 heteroatoms. The first kappa shape index (κ1) is 20.7. The lowest BCUT2D eigenvalue weighted by molar-refractivity contribution is -0.136. The summed E-state index contributed by atoms with van der Waals surface area (Å²) in [5, 5.41) is 0. The van der Waals surface area contributed by atoms with E-state index in [9.17, 15) is 9.59 Å². The van der Waals surface area contributed by atoms with Gasteiger partial charge in [0.1, 0.15) is 5.75 Å². The van der Waals surface area contributed by atoms with Crippen molar-refractivity contribution in [1.29, 1.82) is 0 Å². The maximum atomic E-state index is 13.3. The van der Waals surface area contributed by atoms with E-state index < -0.39 is 5.97 Å². The average Bonchev–Trinajstić information content (AvgIpc) is 2.98. The second kappa shape index (κ2) is 9.01. The molecule has 0 spiro atoms. The van der Waals surface area contributed by atoms with Crippen LogP contribution in [0, 0.1) is 0 Å². The normalized spacial score (nSPS) is 15.2. The van der Waals surface area contributed by atoms with Crippen molar-refractivity contribution < 1.29 is 19.1 Å². The van der Waals surface area contributed by atoms with Crippen molar-refractivity contribution >= 4 is 35.4 Å². The van der Waals surface area contributed by atoms with E-state index in [0.29, 0.717) is 23.6 Å². The summed E-state index contributed by atoms with van der Waals surface area (Å²) in [7, 11) is 1.32. The molecule has 0 saturated carbocycles. The smallest absolute Gasteiger partial charge is 0.340 e. The van der Waals surface area contributed by atoms with Crippen molar-refractivity contribution in [2.45, 2.75) is 18.7 Å². The summed E-state index contributed by atoms with van der Waals surface area (Å²) in [6.45, 7) is 4.23. The fraction of sp³-hybridized carbons (Fsp3) is 0.217. The Hall–Kier alpha value is -2.99. The largest absolute Gasteiger partial charge is 0.494 e. The summed E-state index contributed by atoms with van der Waals surface area (Å²) < 4.78 is 10.4. The monoisotopic (exact) mass is 409 g/mol. The molecule has 0 unspecified atom stereocenters. The van der Waals surface area contributed by atoms with E-state index in [1.54, 1.807) is 49.0 Å². The number of esters is 1. The molecule has 0 fully saturated rings. The van der Waals surface area contributed by atoms with E-state index in [4.69, 9.17) is 9.47 Å². The van der Waals surface area contributed by atoms with Crippen LogP contribution in [0.15, 0.2) is 70.3 Å². The fourth-order valence-electron chi connectivity index (χ4n) is 3.22. The molecule has 0 N–H and O–H groups in total. The van der Waals surface area contributed by atoms with Gasteiger partial charge in [-0.1, -0.05) is 12.1 Å². The van der Waals surface area contributed by atoms with Gasteiger partial charge in [0, 0.05) is 16.3 Å². The van der Waals surface area contributed by atoms with Crippen LogP contribution in [0.3, 0.4) is 0 Å². The number of nitrogens with zero attached hydrogens (tertiary/aromatic N) is 1. The summed E-state index contributed by atoms with van der Waals surface area (Å²) in [4.78, 5) is 28.4. The van der Waals surface area contributed by atoms with E-state index in [1.165, 1.54) is 12.0 Å². The molecule has 1 aliphatic heterocycles. The molecule has 1 aliphatic rings. The number of methoxy groups -OCH3 is 1. The van der Waals surface area contributed by atoms with Gasteiger partial charge in [0.05, 0.1) is 24.9 Å². The van der Waals surface area contributed by atoms with Gasteiger partial charge in [0.2, 0.25) is 0 Å². The van der Waals surface area contributed by atoms with Crippen molar-refractivity contribution in [3.05, 3.63) is 70.9 Å². The Balaban J connectivity index is 2.03. The number of hydrogen-bond donors (Lipinski definition) is 0. The van der Waals surface area contributed by atoms with Gasteiger partial charge in [-0.2, -0.15) is 0 Å². The number of anilines is 1. The van der Waals surface area contributed by atoms with Crippen molar-refractivity contribution in [2.75, 3.05) is 24.9 Å². The summed E-state index contributed by atoms with van der Waals surface area (Å²) in [6.07, 6.45) is 3.74. The average molecular weight is 410 g/mol. The lowest BCUT2D eigenvalue weighted by Gasteiger charge is -2.18. The highest BCUT2D eigenvalue weighted by Crippen LogP contribution is 2.36. The Bertz CT molecular complexity index is 975. The number of thioether (sulfide) groups is 1. The molecule has 0 aromatic heterocycles. The van der Waals surface area contributed by atoms with Crippen LogP contribution in [0.2, 0.25) is 0 Å². The zero-order valence-corrected chi connectivity index (χ0v) is 17.7. The van der Waals surface area contributed by atoms with Gasteiger partial charge < -0.3 is 9.47 Å². The number of benzene rings is 2. The number of amides is 1. The number of carbonyl (C=O) groups is 2. The van der Waals surface area contributed by atoms with Gasteiger partial charge in [0.15, 0.2) is 0 Å². The summed E-state index contributed by atoms with van der Waals surface area (Å²) in [5.74, 6) is -0.0698. The molecule has 1 amide bonds. The van der Waals surface area contributed by atoms with Crippen LogP contribution >= 0.6 is 11.8 Å². The van der Waals surface area contributed by atoms with Crippen LogP contribution < -0.4 is 9.64 Å². The number of ether oxygens (including phenoxy) is 2. The molecule has 0 saturated heterocycles. The van der Waals surface area contributed by atoms with Crippen LogP contribution in [0.4, 0.5) is 5.69 Å². The highest BCUT2D eigenvalue weighted by atomic mass is 32.2. The minimum atomic E-state index is -0.531. The Morgan fingerprint density at radius 3 is 2.31 bits per heavy atom. The van der Waals surface area contributed by atoms with Gasteiger partial charge in [-0.3, -0.25) is 9.69 Å². The maximum Gasteiger partial charge on any atom is 0.340 e. The molecule has 29 heavy (non-hydrogen) atoms. The predicted octanol–water partition coefficient (Wildman–Crippen LogP) is 4.68. The standard InChI is InChI=1S/C23H23NO4S/c1-5-28-18-10-8-17(9-11-18)24-15(2)21(23(26)27-3)20(22(24)25)14-16-6-12-19(29-4)13-7-16/h6-14H,5H2,1-4H3/b20-14+. The molecule has 3 rings (SSSR count). The lowest BCUT2D eigenvalue weighted by atomic mass is 10.0. The second-order valence-electron chi connectivity index (χ2n) is 6.35. The minimum absolute atomic E-state index is 0.263. The molecule has 0 atom stereocenters. The maximum absolute atomic E-state index is 13.3. The van der Waals surface area contributed by atoms with Crippen molar-refractivity contribution in [3.8, 4) is 5.75 Å². The quantitative estimate of drug-likeness (QED) is 0.394. The molecule has 1 heterocycles. The molecule has 2 aromatic rings. The molecule has 0 radical (unpaired) electrons. The Morgan fingerprint density at radius 1 is 1.10 bits per heavy atom. The second-order valence-corrected chi connectivity index (χ2v) is 7.23. The first-order valence-electron chi connectivity index (χ1n) is 9.22. The Morgan fingerprint density at radius 2 is 1.76 bits per heavy atom. The van der Waals surface area contributed by atoms with E-state index in [2.05, 4.69) is 0 Å². The number of rotatable bonds is 6. The van der Waals surface area contributed by atoms with Gasteiger partial charge >= 0.3 is 5.97 Å². The molecular weight excluding hydrogens is 386 g/mol. The molecule has 2 aromatic carbocycles. The van der Waals surface area contributed by atoms with E-state index in [-0.39, 0.29) is 11.5 Å². The van der Waals surface area contributed by atoms with Crippen molar-refractivity contribution in [3.63, 3.8) is 0 Å². The third-order valence-corrected chi connectivity index (χ3v) is 5.37. The molecule has 0 bridgehead atoms. The molecule has 0 aliphatic carbocycles. The minimum Gasteiger partial charge on any atom is -0.494 e. The first-order chi connectivity index (χ1) is 14.0. The van der Waals surface area contributed by atoms with Crippen molar-refractivity contribution in [2.24, 2.45) is 0 Å². The van der Waals surface area contributed by atoms with Crippen LogP contribution in [-0.4, -0.2) is 31.8 Å². The first-order valence-corrected chi connectivity index (χ1v) is 10.4. The van der Waals surface area contributed by atoms with Gasteiger partial charge in [-0.15, -0.1) is 11.8 Å². The topological polar surface area (TPSA) is 55.8 Å². The number of hydrogen-bond acceptors (Lipinski definition) is 5. The molecule has 150 valence electrons. The van der Waals surface area contributed by atoms with Crippen LogP contribution in [0.1, 0.15) is 19.4 Å². The zero-order valence-electron chi connectivity index (χ0n) is 16.9. The van der Waals surface area contributed by atoms with Crippen LogP contribution in [-0.2, 0) is 14.3 Å². The predicted molar refractivity (Wildman–Crippen MR) is 116 cm³/mol. The lowest BCUT2D eigenvalue weighted by Crippen LogP contribution is -2.24.